The molecule has 2 aliphatic heterocycles. The van der Waals surface area contributed by atoms with Gasteiger partial charge in [-0.25, -0.2) is 4.68 Å². The van der Waals surface area contributed by atoms with Gasteiger partial charge in [-0.15, -0.1) is 0 Å². The Bertz CT molecular complexity index is 1430. The maximum Gasteiger partial charge on any atom is 0.253 e. The number of hydrogen-bond acceptors (Lipinski definition) is 7. The van der Waals surface area contributed by atoms with Gasteiger partial charge in [0.05, 0.1) is 24.2 Å². The minimum Gasteiger partial charge on any atom is -0.497 e. The minimum atomic E-state index is -0.281. The lowest BCUT2D eigenvalue weighted by molar-refractivity contribution is 0.362. The second-order valence-electron chi connectivity index (χ2n) is 7.97. The van der Waals surface area contributed by atoms with Crippen LogP contribution in [0.3, 0.4) is 0 Å². The van der Waals surface area contributed by atoms with Crippen molar-refractivity contribution < 1.29 is 4.74 Å². The Morgan fingerprint density at radius 2 is 1.68 bits per heavy atom. The first-order chi connectivity index (χ1) is 16.6. The fraction of sp³-hybridized carbons (Fsp3) is 0.120. The number of methoxy groups -OCH3 is 1. The molecule has 3 heterocycles. The molecule has 4 aromatic rings. The number of aryl methyl sites for hydroxylation is 1. The van der Waals surface area contributed by atoms with Crippen LogP contribution >= 0.6 is 11.6 Å². The zero-order valence-electron chi connectivity index (χ0n) is 18.5. The summed E-state index contributed by atoms with van der Waals surface area (Å²) in [5, 5.41) is 18.1. The lowest BCUT2D eigenvalue weighted by Crippen LogP contribution is -2.38. The van der Waals surface area contributed by atoms with Crippen LogP contribution in [0.2, 0.25) is 5.02 Å². The molecule has 2 aliphatic rings. The Morgan fingerprint density at radius 1 is 0.882 bits per heavy atom. The third-order valence-corrected chi connectivity index (χ3v) is 6.16. The third-order valence-electron chi connectivity index (χ3n) is 5.91. The largest absolute Gasteiger partial charge is 0.497 e. The SMILES string of the molecule is COc1cccc([C@@H]2c3c(C)nn(-c4ccc(Cl)cc4)c3N=C3N(c4ccccc4)N=NN32)c1. The lowest BCUT2D eigenvalue weighted by Gasteiger charge is -2.31. The lowest BCUT2D eigenvalue weighted by atomic mass is 9.96. The number of nitrogens with zero attached hydrogens (tertiary/aromatic N) is 7. The number of benzene rings is 3. The van der Waals surface area contributed by atoms with Gasteiger partial charge < -0.3 is 4.74 Å². The van der Waals surface area contributed by atoms with E-state index in [0.717, 1.165) is 39.8 Å². The summed E-state index contributed by atoms with van der Waals surface area (Å²) in [6.45, 7) is 1.99. The monoisotopic (exact) mass is 469 g/mol. The molecule has 1 atom stereocenters. The molecular formula is C25H20ClN7O. The number of aromatic nitrogens is 2. The summed E-state index contributed by atoms with van der Waals surface area (Å²) in [5.74, 6) is 2.09. The molecule has 6 rings (SSSR count). The first-order valence-corrected chi connectivity index (χ1v) is 11.2. The van der Waals surface area contributed by atoms with Crippen molar-refractivity contribution in [3.63, 3.8) is 0 Å². The van der Waals surface area contributed by atoms with Crippen LogP contribution in [0.5, 0.6) is 5.75 Å². The van der Waals surface area contributed by atoms with E-state index in [4.69, 9.17) is 26.4 Å². The van der Waals surface area contributed by atoms with Gasteiger partial charge >= 0.3 is 0 Å². The van der Waals surface area contributed by atoms with Crippen molar-refractivity contribution >= 4 is 29.1 Å². The molecule has 168 valence electrons. The van der Waals surface area contributed by atoms with Crippen molar-refractivity contribution in [1.29, 1.82) is 0 Å². The average Bonchev–Trinajstić information content (AvgIpc) is 3.45. The smallest absolute Gasteiger partial charge is 0.253 e. The van der Waals surface area contributed by atoms with Crippen LogP contribution in [0.15, 0.2) is 94.3 Å². The Balaban J connectivity index is 1.57. The first kappa shape index (κ1) is 20.4. The van der Waals surface area contributed by atoms with Crippen LogP contribution < -0.4 is 9.75 Å². The fourth-order valence-electron chi connectivity index (χ4n) is 4.32. The number of rotatable bonds is 4. The molecule has 0 saturated carbocycles. The zero-order chi connectivity index (χ0) is 23.2. The van der Waals surface area contributed by atoms with E-state index in [0.29, 0.717) is 11.0 Å². The van der Waals surface area contributed by atoms with Crippen molar-refractivity contribution in [3.8, 4) is 11.4 Å². The van der Waals surface area contributed by atoms with Gasteiger partial charge in [-0.05, 0) is 71.5 Å². The van der Waals surface area contributed by atoms with Crippen LogP contribution in [0.1, 0.15) is 22.9 Å². The first-order valence-electron chi connectivity index (χ1n) is 10.8. The number of guanidine groups is 1. The zero-order valence-corrected chi connectivity index (χ0v) is 19.3. The van der Waals surface area contributed by atoms with Gasteiger partial charge in [-0.1, -0.05) is 41.9 Å². The number of para-hydroxylation sites is 1. The summed E-state index contributed by atoms with van der Waals surface area (Å²) in [5.41, 5.74) is 4.55. The number of aliphatic imine (C=N–C) groups is 1. The van der Waals surface area contributed by atoms with E-state index < -0.39 is 0 Å². The highest BCUT2D eigenvalue weighted by atomic mass is 35.5. The van der Waals surface area contributed by atoms with E-state index in [1.54, 1.807) is 12.1 Å². The number of halogens is 1. The van der Waals surface area contributed by atoms with E-state index >= 15 is 0 Å². The summed E-state index contributed by atoms with van der Waals surface area (Å²) >= 11 is 6.13. The molecule has 0 spiro atoms. The molecule has 1 aromatic heterocycles. The molecule has 3 aromatic carbocycles. The highest BCUT2D eigenvalue weighted by molar-refractivity contribution is 6.30. The van der Waals surface area contributed by atoms with Crippen molar-refractivity contribution in [2.24, 2.45) is 15.4 Å². The molecule has 9 heteroatoms. The Kier molecular flexibility index (Phi) is 4.81. The van der Waals surface area contributed by atoms with E-state index in [9.17, 15) is 0 Å². The van der Waals surface area contributed by atoms with E-state index in [1.807, 2.05) is 89.4 Å². The van der Waals surface area contributed by atoms with Gasteiger partial charge in [0.1, 0.15) is 11.8 Å². The second kappa shape index (κ2) is 8.00. The van der Waals surface area contributed by atoms with Crippen molar-refractivity contribution in [1.82, 2.24) is 14.8 Å². The molecule has 0 amide bonds. The summed E-state index contributed by atoms with van der Waals surface area (Å²) in [4.78, 5) is 5.02. The quantitative estimate of drug-likeness (QED) is 0.365. The molecule has 0 saturated heterocycles. The Hall–Kier alpha value is -4.17. The van der Waals surface area contributed by atoms with Crippen LogP contribution in [0.4, 0.5) is 11.5 Å². The molecule has 0 bridgehead atoms. The van der Waals surface area contributed by atoms with Gasteiger partial charge in [0.25, 0.3) is 5.96 Å². The van der Waals surface area contributed by atoms with Gasteiger partial charge in [0, 0.05) is 10.6 Å². The van der Waals surface area contributed by atoms with Gasteiger partial charge in [0.2, 0.25) is 0 Å². The predicted molar refractivity (Wildman–Crippen MR) is 131 cm³/mol. The number of ether oxygens (including phenoxy) is 1. The maximum atomic E-state index is 6.13. The maximum absolute atomic E-state index is 6.13. The van der Waals surface area contributed by atoms with E-state index in [1.165, 1.54) is 0 Å². The topological polar surface area (TPSA) is 70.6 Å². The van der Waals surface area contributed by atoms with Crippen molar-refractivity contribution in [2.45, 2.75) is 13.0 Å². The highest BCUT2D eigenvalue weighted by Crippen LogP contribution is 2.45. The van der Waals surface area contributed by atoms with E-state index in [-0.39, 0.29) is 6.04 Å². The van der Waals surface area contributed by atoms with Crippen LogP contribution in [-0.4, -0.2) is 27.9 Å². The summed E-state index contributed by atoms with van der Waals surface area (Å²) in [7, 11) is 1.66. The Morgan fingerprint density at radius 3 is 2.44 bits per heavy atom. The van der Waals surface area contributed by atoms with Crippen LogP contribution in [0.25, 0.3) is 5.69 Å². The summed E-state index contributed by atoms with van der Waals surface area (Å²) in [6.07, 6.45) is 0. The summed E-state index contributed by atoms with van der Waals surface area (Å²) < 4.78 is 7.35. The standard InChI is InChI=1S/C25H20ClN7O/c1-16-22-23(17-7-6-10-21(15-17)34-2)33-25(32(29-30-33)19-8-4-3-5-9-19)27-24(22)31(28-16)20-13-11-18(26)12-14-20/h3-15,23H,1-2H3/t23-/m1/s1. The van der Waals surface area contributed by atoms with Crippen molar-refractivity contribution in [2.75, 3.05) is 12.1 Å². The van der Waals surface area contributed by atoms with E-state index in [2.05, 4.69) is 16.5 Å². The molecule has 34 heavy (non-hydrogen) atoms. The average molecular weight is 470 g/mol. The fourth-order valence-corrected chi connectivity index (χ4v) is 4.44. The van der Waals surface area contributed by atoms with Gasteiger partial charge in [-0.2, -0.15) is 20.1 Å². The number of fused-ring (bicyclic) bond motifs is 2. The van der Waals surface area contributed by atoms with Crippen molar-refractivity contribution in [3.05, 3.63) is 101 Å². The number of anilines is 1. The molecule has 0 unspecified atom stereocenters. The molecule has 0 N–H and O–H groups in total. The van der Waals surface area contributed by atoms with Crippen LogP contribution in [0, 0.1) is 6.92 Å². The highest BCUT2D eigenvalue weighted by Gasteiger charge is 2.42. The van der Waals surface area contributed by atoms with Gasteiger partial charge in [-0.3, -0.25) is 0 Å². The predicted octanol–water partition coefficient (Wildman–Crippen LogP) is 6.04. The second-order valence-corrected chi connectivity index (χ2v) is 8.41. The Labute approximate surface area is 201 Å². The third kappa shape index (κ3) is 3.22. The molecule has 8 nitrogen and oxygen atoms in total. The molecule has 0 aliphatic carbocycles. The number of hydrogen-bond donors (Lipinski definition) is 0. The molecule has 0 radical (unpaired) electrons. The minimum absolute atomic E-state index is 0.281. The molecular weight excluding hydrogens is 450 g/mol. The normalized spacial score (nSPS) is 16.3. The van der Waals surface area contributed by atoms with Gasteiger partial charge in [0.15, 0.2) is 5.82 Å². The summed E-state index contributed by atoms with van der Waals surface area (Å²) in [6, 6.07) is 25.1. The molecule has 0 fully saturated rings. The van der Waals surface area contributed by atoms with Crippen LogP contribution in [-0.2, 0) is 0 Å².